The number of anilines is 1. The number of rotatable bonds is 4. The van der Waals surface area contributed by atoms with Crippen LogP contribution in [0.2, 0.25) is 0 Å². The van der Waals surface area contributed by atoms with Gasteiger partial charge < -0.3 is 14.9 Å². The first-order valence-electron chi connectivity index (χ1n) is 9.52. The summed E-state index contributed by atoms with van der Waals surface area (Å²) in [5.74, 6) is 0.291. The minimum atomic E-state index is -0.343. The Balaban J connectivity index is 1.58. The fraction of sp³-hybridized carbons (Fsp3) is 0.650. The van der Waals surface area contributed by atoms with Crippen molar-refractivity contribution in [3.63, 3.8) is 0 Å². The first-order chi connectivity index (χ1) is 12.0. The molecule has 2 saturated heterocycles. The SMILES string of the molecule is CC(O)C1CCN(C(=O)c2ccc(N3CCN(C(C)C)CC3)cc2)C1. The number of aliphatic hydroxyl groups excluding tert-OH is 1. The predicted octanol–water partition coefficient (Wildman–Crippen LogP) is 2.06. The Morgan fingerprint density at radius 1 is 1.04 bits per heavy atom. The quantitative estimate of drug-likeness (QED) is 0.907. The zero-order valence-electron chi connectivity index (χ0n) is 15.7. The molecule has 1 aromatic carbocycles. The lowest BCUT2D eigenvalue weighted by Crippen LogP contribution is -2.48. The van der Waals surface area contributed by atoms with Crippen LogP contribution in [0, 0.1) is 5.92 Å². The van der Waals surface area contributed by atoms with Crippen molar-refractivity contribution in [3.05, 3.63) is 29.8 Å². The molecule has 0 bridgehead atoms. The highest BCUT2D eigenvalue weighted by molar-refractivity contribution is 5.94. The molecule has 0 aliphatic carbocycles. The predicted molar refractivity (Wildman–Crippen MR) is 101 cm³/mol. The van der Waals surface area contributed by atoms with Crippen molar-refractivity contribution in [2.24, 2.45) is 5.92 Å². The van der Waals surface area contributed by atoms with E-state index in [4.69, 9.17) is 0 Å². The van der Waals surface area contributed by atoms with E-state index in [1.54, 1.807) is 0 Å². The van der Waals surface area contributed by atoms with Gasteiger partial charge >= 0.3 is 0 Å². The Labute approximate surface area is 151 Å². The van der Waals surface area contributed by atoms with E-state index in [0.717, 1.165) is 44.7 Å². The van der Waals surface area contributed by atoms with Gasteiger partial charge in [0.2, 0.25) is 0 Å². The van der Waals surface area contributed by atoms with Crippen molar-refractivity contribution in [1.29, 1.82) is 0 Å². The number of nitrogens with zero attached hydrogens (tertiary/aromatic N) is 3. The fourth-order valence-electron chi connectivity index (χ4n) is 3.86. The molecule has 2 fully saturated rings. The van der Waals surface area contributed by atoms with Crippen LogP contribution in [0.3, 0.4) is 0 Å². The third kappa shape index (κ3) is 4.15. The molecule has 0 saturated carbocycles. The maximum Gasteiger partial charge on any atom is 0.253 e. The van der Waals surface area contributed by atoms with Gasteiger partial charge in [0.1, 0.15) is 0 Å². The standard InChI is InChI=1S/C20H31N3O2/c1-15(2)21-10-12-22(13-11-21)19-6-4-17(5-7-19)20(25)23-9-8-18(14-23)16(3)24/h4-7,15-16,18,24H,8-14H2,1-3H3. The number of hydrogen-bond donors (Lipinski definition) is 1. The lowest BCUT2D eigenvalue weighted by Gasteiger charge is -2.38. The molecule has 2 heterocycles. The van der Waals surface area contributed by atoms with E-state index < -0.39 is 0 Å². The van der Waals surface area contributed by atoms with Gasteiger partial charge in [-0.2, -0.15) is 0 Å². The summed E-state index contributed by atoms with van der Waals surface area (Å²) in [6.07, 6.45) is 0.548. The number of carbonyl (C=O) groups is 1. The van der Waals surface area contributed by atoms with Crippen LogP contribution in [0.25, 0.3) is 0 Å². The van der Waals surface area contributed by atoms with Gasteiger partial charge in [0.15, 0.2) is 0 Å². The lowest BCUT2D eigenvalue weighted by molar-refractivity contribution is 0.0762. The van der Waals surface area contributed by atoms with Crippen LogP contribution < -0.4 is 4.90 Å². The van der Waals surface area contributed by atoms with E-state index in [0.29, 0.717) is 12.6 Å². The van der Waals surface area contributed by atoms with E-state index in [2.05, 4.69) is 35.8 Å². The molecule has 0 radical (unpaired) electrons. The number of piperazine rings is 1. The average Bonchev–Trinajstić information content (AvgIpc) is 3.12. The highest BCUT2D eigenvalue weighted by atomic mass is 16.3. The zero-order chi connectivity index (χ0) is 18.0. The molecule has 5 heteroatoms. The molecule has 1 N–H and O–H groups in total. The summed E-state index contributed by atoms with van der Waals surface area (Å²) in [5, 5.41) is 9.71. The molecule has 0 spiro atoms. The van der Waals surface area contributed by atoms with Gasteiger partial charge in [0.25, 0.3) is 5.91 Å². The summed E-state index contributed by atoms with van der Waals surface area (Å²) in [7, 11) is 0. The molecule has 1 aromatic rings. The highest BCUT2D eigenvalue weighted by Gasteiger charge is 2.29. The molecule has 25 heavy (non-hydrogen) atoms. The minimum Gasteiger partial charge on any atom is -0.393 e. The maximum absolute atomic E-state index is 12.6. The second-order valence-electron chi connectivity index (χ2n) is 7.70. The Bertz CT molecular complexity index is 577. The second kappa shape index (κ2) is 7.75. The van der Waals surface area contributed by atoms with E-state index in [9.17, 15) is 9.90 Å². The molecule has 1 amide bonds. The second-order valence-corrected chi connectivity index (χ2v) is 7.70. The molecule has 2 unspecified atom stereocenters. The third-order valence-electron chi connectivity index (χ3n) is 5.72. The molecule has 2 atom stereocenters. The first-order valence-corrected chi connectivity index (χ1v) is 9.52. The van der Waals surface area contributed by atoms with Gasteiger partial charge in [0.05, 0.1) is 6.10 Å². The van der Waals surface area contributed by atoms with Crippen molar-refractivity contribution < 1.29 is 9.90 Å². The molecular formula is C20H31N3O2. The Hall–Kier alpha value is -1.59. The van der Waals surface area contributed by atoms with Crippen LogP contribution in [0.1, 0.15) is 37.6 Å². The monoisotopic (exact) mass is 345 g/mol. The Kier molecular flexibility index (Phi) is 5.64. The number of hydrogen-bond acceptors (Lipinski definition) is 4. The van der Waals surface area contributed by atoms with Gasteiger partial charge in [-0.15, -0.1) is 0 Å². The van der Waals surface area contributed by atoms with E-state index in [1.807, 2.05) is 24.0 Å². The number of benzene rings is 1. The number of aliphatic hydroxyl groups is 1. The summed E-state index contributed by atoms with van der Waals surface area (Å²) in [4.78, 5) is 19.4. The molecule has 138 valence electrons. The Morgan fingerprint density at radius 2 is 1.68 bits per heavy atom. The van der Waals surface area contributed by atoms with Crippen molar-refractivity contribution >= 4 is 11.6 Å². The molecular weight excluding hydrogens is 314 g/mol. The van der Waals surface area contributed by atoms with Crippen molar-refractivity contribution in [2.45, 2.75) is 39.3 Å². The van der Waals surface area contributed by atoms with Crippen LogP contribution in [0.5, 0.6) is 0 Å². The van der Waals surface area contributed by atoms with Crippen LogP contribution >= 0.6 is 0 Å². The number of amides is 1. The minimum absolute atomic E-state index is 0.0827. The first kappa shape index (κ1) is 18.2. The van der Waals surface area contributed by atoms with Crippen LogP contribution in [-0.4, -0.2) is 72.2 Å². The van der Waals surface area contributed by atoms with Crippen LogP contribution in [0.4, 0.5) is 5.69 Å². The summed E-state index contributed by atoms with van der Waals surface area (Å²) >= 11 is 0. The third-order valence-corrected chi connectivity index (χ3v) is 5.72. The smallest absolute Gasteiger partial charge is 0.253 e. The van der Waals surface area contributed by atoms with Gasteiger partial charge in [-0.3, -0.25) is 9.69 Å². The van der Waals surface area contributed by atoms with Crippen molar-refractivity contribution in [2.75, 3.05) is 44.2 Å². The molecule has 2 aliphatic heterocycles. The molecule has 0 aromatic heterocycles. The van der Waals surface area contributed by atoms with Gasteiger partial charge in [-0.05, 0) is 51.5 Å². The summed E-state index contributed by atoms with van der Waals surface area (Å²) in [5.41, 5.74) is 1.94. The van der Waals surface area contributed by atoms with E-state index >= 15 is 0 Å². The van der Waals surface area contributed by atoms with Crippen LogP contribution in [0.15, 0.2) is 24.3 Å². The van der Waals surface area contributed by atoms with Gasteiger partial charge in [-0.25, -0.2) is 0 Å². The molecule has 5 nitrogen and oxygen atoms in total. The van der Waals surface area contributed by atoms with Crippen LogP contribution in [-0.2, 0) is 0 Å². The highest BCUT2D eigenvalue weighted by Crippen LogP contribution is 2.23. The molecule has 2 aliphatic rings. The maximum atomic E-state index is 12.6. The normalized spacial score (nSPS) is 23.3. The Morgan fingerprint density at radius 3 is 2.20 bits per heavy atom. The van der Waals surface area contributed by atoms with Crippen molar-refractivity contribution in [1.82, 2.24) is 9.80 Å². The van der Waals surface area contributed by atoms with Gasteiger partial charge in [0, 0.05) is 62.5 Å². The largest absolute Gasteiger partial charge is 0.393 e. The fourth-order valence-corrected chi connectivity index (χ4v) is 3.86. The van der Waals surface area contributed by atoms with E-state index in [-0.39, 0.29) is 17.9 Å². The zero-order valence-corrected chi connectivity index (χ0v) is 15.7. The van der Waals surface area contributed by atoms with Gasteiger partial charge in [-0.1, -0.05) is 0 Å². The lowest BCUT2D eigenvalue weighted by atomic mass is 10.0. The average molecular weight is 345 g/mol. The summed E-state index contributed by atoms with van der Waals surface area (Å²) in [6, 6.07) is 8.64. The number of carbonyl (C=O) groups excluding carboxylic acids is 1. The van der Waals surface area contributed by atoms with Crippen molar-refractivity contribution in [3.8, 4) is 0 Å². The number of likely N-dealkylation sites (tertiary alicyclic amines) is 1. The topological polar surface area (TPSA) is 47.0 Å². The van der Waals surface area contributed by atoms with E-state index in [1.165, 1.54) is 5.69 Å². The summed E-state index contributed by atoms with van der Waals surface area (Å²) < 4.78 is 0. The molecule has 3 rings (SSSR count). The summed E-state index contributed by atoms with van der Waals surface area (Å²) in [6.45, 7) is 12.0.